The quantitative estimate of drug-likeness (QED) is 0.458. The van der Waals surface area contributed by atoms with Crippen molar-refractivity contribution in [1.82, 2.24) is 0 Å². The van der Waals surface area contributed by atoms with Gasteiger partial charge in [0.2, 0.25) is 5.91 Å². The lowest BCUT2D eigenvalue weighted by Crippen LogP contribution is -2.24. The molecule has 0 rings (SSSR count). The third-order valence-corrected chi connectivity index (χ3v) is 0.510. The Bertz CT molecular complexity index is 117. The molecule has 4 heteroatoms. The van der Waals surface area contributed by atoms with E-state index in [1.54, 1.807) is 0 Å². The second-order valence-electron chi connectivity index (χ2n) is 2.92. The highest BCUT2D eigenvalue weighted by Gasteiger charge is 2.11. The summed E-state index contributed by atoms with van der Waals surface area (Å²) in [6.45, 7) is 5.24. The summed E-state index contributed by atoms with van der Waals surface area (Å²) in [5.74, 6) is -0.538. The molecule has 0 aromatic heterocycles. The molecule has 60 valence electrons. The van der Waals surface area contributed by atoms with Crippen LogP contribution in [0.2, 0.25) is 0 Å². The molecule has 0 atom stereocenters. The summed E-state index contributed by atoms with van der Waals surface area (Å²) in [5.41, 5.74) is 4.38. The van der Waals surface area contributed by atoms with E-state index in [1.807, 2.05) is 20.8 Å². The van der Waals surface area contributed by atoms with Gasteiger partial charge in [0.25, 0.3) is 0 Å². The third-order valence-electron chi connectivity index (χ3n) is 0.510. The molecule has 1 amide bonds. The van der Waals surface area contributed by atoms with E-state index in [1.165, 1.54) is 0 Å². The van der Waals surface area contributed by atoms with E-state index in [9.17, 15) is 4.79 Å². The van der Waals surface area contributed by atoms with Gasteiger partial charge in [0.1, 0.15) is 0 Å². The Morgan fingerprint density at radius 2 is 2.00 bits per heavy atom. The Morgan fingerprint density at radius 3 is 2.30 bits per heavy atom. The van der Waals surface area contributed by atoms with Crippen LogP contribution in [-0.4, -0.2) is 18.1 Å². The van der Waals surface area contributed by atoms with Crippen molar-refractivity contribution < 1.29 is 14.6 Å². The van der Waals surface area contributed by atoms with Crippen LogP contribution in [0.4, 0.5) is 0 Å². The Kier molecular flexibility index (Phi) is 3.32. The predicted octanol–water partition coefficient (Wildman–Crippen LogP) is 0.218. The zero-order chi connectivity index (χ0) is 8.20. The Balaban J connectivity index is 3.29. The molecule has 0 aliphatic carbocycles. The highest BCUT2D eigenvalue weighted by atomic mass is 17.2. The number of hydrogen-bond acceptors (Lipinski definition) is 3. The van der Waals surface area contributed by atoms with Crippen molar-refractivity contribution in [1.29, 1.82) is 0 Å². The first-order chi connectivity index (χ1) is 4.42. The van der Waals surface area contributed by atoms with Crippen molar-refractivity contribution in [2.45, 2.75) is 26.4 Å². The van der Waals surface area contributed by atoms with Gasteiger partial charge in [0, 0.05) is 0 Å². The summed E-state index contributed by atoms with van der Waals surface area (Å²) in [4.78, 5) is 19.3. The van der Waals surface area contributed by atoms with Gasteiger partial charge in [-0.3, -0.25) is 4.79 Å². The molecular formula is C6H13NO3. The molecule has 0 fully saturated rings. The number of rotatable bonds is 3. The van der Waals surface area contributed by atoms with Crippen LogP contribution in [0.3, 0.4) is 0 Å². The van der Waals surface area contributed by atoms with E-state index in [4.69, 9.17) is 10.6 Å². The van der Waals surface area contributed by atoms with Gasteiger partial charge in [0.15, 0.2) is 6.61 Å². The topological polar surface area (TPSA) is 61.6 Å². The van der Waals surface area contributed by atoms with E-state index < -0.39 is 11.5 Å². The van der Waals surface area contributed by atoms with Gasteiger partial charge in [-0.25, -0.2) is 9.78 Å². The molecule has 2 N–H and O–H groups in total. The van der Waals surface area contributed by atoms with E-state index >= 15 is 0 Å². The number of carbonyl (C=O) groups is 1. The summed E-state index contributed by atoms with van der Waals surface area (Å²) in [5, 5.41) is 0. The summed E-state index contributed by atoms with van der Waals surface area (Å²) < 4.78 is 0. The lowest BCUT2D eigenvalue weighted by Gasteiger charge is -2.16. The van der Waals surface area contributed by atoms with Crippen LogP contribution in [0.15, 0.2) is 0 Å². The standard InChI is InChI=1S/C6H13NO3/c1-6(2,3)10-9-4-5(7)8/h4H2,1-3H3,(H2,7,8). The van der Waals surface area contributed by atoms with Crippen molar-refractivity contribution in [3.05, 3.63) is 0 Å². The van der Waals surface area contributed by atoms with Crippen LogP contribution in [0, 0.1) is 0 Å². The average molecular weight is 147 g/mol. The molecule has 0 saturated carbocycles. The number of amides is 1. The van der Waals surface area contributed by atoms with Gasteiger partial charge in [-0.2, -0.15) is 0 Å². The molecule has 0 bridgehead atoms. The molecule has 0 heterocycles. The minimum atomic E-state index is -0.538. The summed E-state index contributed by atoms with van der Waals surface area (Å²) >= 11 is 0. The van der Waals surface area contributed by atoms with Gasteiger partial charge in [0.05, 0.1) is 5.60 Å². The zero-order valence-corrected chi connectivity index (χ0v) is 6.51. The van der Waals surface area contributed by atoms with Crippen LogP contribution in [-0.2, 0) is 14.6 Å². The molecule has 0 unspecified atom stereocenters. The Morgan fingerprint density at radius 1 is 1.50 bits per heavy atom. The Hall–Kier alpha value is -0.610. The van der Waals surface area contributed by atoms with Crippen LogP contribution in [0.5, 0.6) is 0 Å². The van der Waals surface area contributed by atoms with Crippen molar-refractivity contribution in [2.75, 3.05) is 6.61 Å². The molecule has 0 spiro atoms. The number of carbonyl (C=O) groups excluding carboxylic acids is 1. The summed E-state index contributed by atoms with van der Waals surface area (Å²) in [6, 6.07) is 0. The van der Waals surface area contributed by atoms with Crippen molar-refractivity contribution in [3.8, 4) is 0 Å². The molecule has 0 aliphatic rings. The van der Waals surface area contributed by atoms with E-state index in [-0.39, 0.29) is 6.61 Å². The van der Waals surface area contributed by atoms with Crippen LogP contribution in [0.1, 0.15) is 20.8 Å². The first-order valence-electron chi connectivity index (χ1n) is 3.01. The number of hydrogen-bond donors (Lipinski definition) is 1. The van der Waals surface area contributed by atoms with Crippen molar-refractivity contribution in [3.63, 3.8) is 0 Å². The fourth-order valence-electron chi connectivity index (χ4n) is 0.264. The van der Waals surface area contributed by atoms with E-state index in [0.29, 0.717) is 0 Å². The molecule has 0 radical (unpaired) electrons. The highest BCUT2D eigenvalue weighted by Crippen LogP contribution is 2.05. The molecule has 0 saturated heterocycles. The van der Waals surface area contributed by atoms with Crippen LogP contribution in [0.25, 0.3) is 0 Å². The lowest BCUT2D eigenvalue weighted by atomic mass is 10.2. The zero-order valence-electron chi connectivity index (χ0n) is 6.51. The van der Waals surface area contributed by atoms with Crippen LogP contribution >= 0.6 is 0 Å². The Labute approximate surface area is 60.2 Å². The van der Waals surface area contributed by atoms with Gasteiger partial charge in [-0.15, -0.1) is 0 Å². The molecular weight excluding hydrogens is 134 g/mol. The first kappa shape index (κ1) is 9.39. The lowest BCUT2D eigenvalue weighted by molar-refractivity contribution is -0.342. The van der Waals surface area contributed by atoms with Crippen molar-refractivity contribution in [2.24, 2.45) is 5.73 Å². The predicted molar refractivity (Wildman–Crippen MR) is 36.0 cm³/mol. The number of primary amides is 1. The monoisotopic (exact) mass is 147 g/mol. The second-order valence-corrected chi connectivity index (χ2v) is 2.92. The normalized spacial score (nSPS) is 11.5. The number of nitrogens with two attached hydrogens (primary N) is 1. The highest BCUT2D eigenvalue weighted by molar-refractivity contribution is 5.74. The fourth-order valence-corrected chi connectivity index (χ4v) is 0.264. The van der Waals surface area contributed by atoms with E-state index in [2.05, 4.69) is 4.89 Å². The maximum Gasteiger partial charge on any atom is 0.246 e. The second kappa shape index (κ2) is 3.53. The fraction of sp³-hybridized carbons (Fsp3) is 0.833. The van der Waals surface area contributed by atoms with Gasteiger partial charge >= 0.3 is 0 Å². The SMILES string of the molecule is CC(C)(C)OOCC(N)=O. The molecule has 0 aromatic carbocycles. The van der Waals surface area contributed by atoms with Crippen LogP contribution < -0.4 is 5.73 Å². The van der Waals surface area contributed by atoms with Crippen molar-refractivity contribution >= 4 is 5.91 Å². The maximum absolute atomic E-state index is 10.1. The first-order valence-corrected chi connectivity index (χ1v) is 3.01. The summed E-state index contributed by atoms with van der Waals surface area (Å²) in [6.07, 6.45) is 0. The molecule has 0 aliphatic heterocycles. The molecule has 4 nitrogen and oxygen atoms in total. The molecule has 10 heavy (non-hydrogen) atoms. The minimum absolute atomic E-state index is 0.197. The summed E-state index contributed by atoms with van der Waals surface area (Å²) in [7, 11) is 0. The smallest absolute Gasteiger partial charge is 0.246 e. The minimum Gasteiger partial charge on any atom is -0.368 e. The van der Waals surface area contributed by atoms with Gasteiger partial charge in [-0.05, 0) is 20.8 Å². The van der Waals surface area contributed by atoms with Gasteiger partial charge < -0.3 is 5.73 Å². The van der Waals surface area contributed by atoms with E-state index in [0.717, 1.165) is 0 Å². The third kappa shape index (κ3) is 7.39. The molecule has 0 aromatic rings. The average Bonchev–Trinajstić information content (AvgIpc) is 1.59. The maximum atomic E-state index is 10.1. The van der Waals surface area contributed by atoms with Gasteiger partial charge in [-0.1, -0.05) is 0 Å². The largest absolute Gasteiger partial charge is 0.368 e.